The lowest BCUT2D eigenvalue weighted by molar-refractivity contribution is -0.136. The van der Waals surface area contributed by atoms with E-state index in [2.05, 4.69) is 23.7 Å². The summed E-state index contributed by atoms with van der Waals surface area (Å²) in [7, 11) is 0. The van der Waals surface area contributed by atoms with Crippen molar-refractivity contribution in [3.63, 3.8) is 0 Å². The van der Waals surface area contributed by atoms with E-state index in [-0.39, 0.29) is 25.0 Å². The fourth-order valence-electron chi connectivity index (χ4n) is 2.89. The van der Waals surface area contributed by atoms with E-state index in [0.29, 0.717) is 18.6 Å². The predicted octanol–water partition coefficient (Wildman–Crippen LogP) is 1.60. The van der Waals surface area contributed by atoms with Crippen LogP contribution in [0.15, 0.2) is 30.3 Å². The van der Waals surface area contributed by atoms with Crippen molar-refractivity contribution in [2.75, 3.05) is 0 Å². The van der Waals surface area contributed by atoms with Gasteiger partial charge in [0.2, 0.25) is 0 Å². The van der Waals surface area contributed by atoms with Crippen molar-refractivity contribution in [3.05, 3.63) is 30.3 Å². The van der Waals surface area contributed by atoms with E-state index in [9.17, 15) is 19.8 Å². The van der Waals surface area contributed by atoms with Gasteiger partial charge in [-0.15, -0.1) is 11.8 Å². The van der Waals surface area contributed by atoms with Gasteiger partial charge >= 0.3 is 5.97 Å². The van der Waals surface area contributed by atoms with Crippen LogP contribution in [0.25, 0.3) is 0 Å². The summed E-state index contributed by atoms with van der Waals surface area (Å²) in [6.07, 6.45) is -1.09. The van der Waals surface area contributed by atoms with E-state index in [1.54, 1.807) is 24.3 Å². The van der Waals surface area contributed by atoms with Gasteiger partial charge in [-0.1, -0.05) is 24.1 Å². The first-order valence-electron chi connectivity index (χ1n) is 8.76. The monoisotopic (exact) mass is 370 g/mol. The van der Waals surface area contributed by atoms with Gasteiger partial charge in [0.25, 0.3) is 6.29 Å². The van der Waals surface area contributed by atoms with Gasteiger partial charge < -0.3 is 20.1 Å². The maximum atomic E-state index is 12.1. The summed E-state index contributed by atoms with van der Waals surface area (Å²) in [5, 5.41) is 28.5. The van der Waals surface area contributed by atoms with Crippen molar-refractivity contribution in [1.82, 2.24) is 0 Å². The van der Waals surface area contributed by atoms with Crippen molar-refractivity contribution < 1.29 is 29.6 Å². The van der Waals surface area contributed by atoms with Crippen LogP contribution in [0, 0.1) is 35.5 Å². The Morgan fingerprint density at radius 2 is 1.93 bits per heavy atom. The summed E-state index contributed by atoms with van der Waals surface area (Å²) >= 11 is 0. The zero-order valence-corrected chi connectivity index (χ0v) is 14.8. The summed E-state index contributed by atoms with van der Waals surface area (Å²) < 4.78 is 5.26. The molecule has 0 aromatic heterocycles. The summed E-state index contributed by atoms with van der Waals surface area (Å²) in [5.74, 6) is 9.40. The number of hydrogen-bond donors (Lipinski definition) is 3. The topological polar surface area (TPSA) is 104 Å². The number of aliphatic carboxylic acids is 1. The second-order valence-electron chi connectivity index (χ2n) is 6.23. The number of benzene rings is 1. The van der Waals surface area contributed by atoms with Gasteiger partial charge in [0.15, 0.2) is 0 Å². The third kappa shape index (κ3) is 6.79. The highest BCUT2D eigenvalue weighted by Gasteiger charge is 2.40. The van der Waals surface area contributed by atoms with Crippen molar-refractivity contribution in [1.29, 1.82) is 0 Å². The van der Waals surface area contributed by atoms with E-state index in [1.807, 2.05) is 6.07 Å². The predicted molar refractivity (Wildman–Crippen MR) is 97.3 cm³/mol. The highest BCUT2D eigenvalue weighted by Crippen LogP contribution is 2.32. The molecule has 0 amide bonds. The SMILES string of the molecule is O=C(O)CCC#CCC[C@H]1C(=O)C[C@@H](O)C1C#C[C@@H](O)Oc1ccccc1. The van der Waals surface area contributed by atoms with Crippen molar-refractivity contribution in [2.24, 2.45) is 11.8 Å². The minimum absolute atomic E-state index is 0.0124. The molecule has 1 aromatic carbocycles. The van der Waals surface area contributed by atoms with Crippen LogP contribution in [0.5, 0.6) is 5.75 Å². The van der Waals surface area contributed by atoms with Crippen LogP contribution in [0.4, 0.5) is 0 Å². The first kappa shape index (κ1) is 20.5. The zero-order chi connectivity index (χ0) is 19.6. The minimum Gasteiger partial charge on any atom is -0.481 e. The smallest absolute Gasteiger partial charge is 0.304 e. The fourth-order valence-corrected chi connectivity index (χ4v) is 2.89. The molecule has 4 atom stereocenters. The number of rotatable bonds is 6. The maximum absolute atomic E-state index is 12.1. The second kappa shape index (κ2) is 10.4. The first-order chi connectivity index (χ1) is 13.0. The maximum Gasteiger partial charge on any atom is 0.304 e. The minimum atomic E-state index is -1.35. The second-order valence-corrected chi connectivity index (χ2v) is 6.23. The molecular formula is C21H22O6. The summed E-state index contributed by atoms with van der Waals surface area (Å²) in [6.45, 7) is 0. The number of ketones is 1. The molecule has 3 N–H and O–H groups in total. The van der Waals surface area contributed by atoms with E-state index in [1.165, 1.54) is 0 Å². The molecule has 0 heterocycles. The van der Waals surface area contributed by atoms with Gasteiger partial charge in [0, 0.05) is 25.2 Å². The van der Waals surface area contributed by atoms with E-state index < -0.39 is 30.2 Å². The molecule has 1 unspecified atom stereocenters. The number of carboxylic acids is 1. The Morgan fingerprint density at radius 1 is 1.22 bits per heavy atom. The third-order valence-corrected chi connectivity index (χ3v) is 4.21. The average molecular weight is 370 g/mol. The molecule has 6 nitrogen and oxygen atoms in total. The highest BCUT2D eigenvalue weighted by molar-refractivity contribution is 5.85. The Balaban J connectivity index is 1.91. The first-order valence-corrected chi connectivity index (χ1v) is 8.76. The van der Waals surface area contributed by atoms with Crippen LogP contribution in [-0.4, -0.2) is 39.5 Å². The van der Waals surface area contributed by atoms with Crippen molar-refractivity contribution in [2.45, 2.75) is 44.5 Å². The molecule has 1 aliphatic carbocycles. The number of carbonyl (C=O) groups is 2. The molecule has 6 heteroatoms. The number of hydrogen-bond acceptors (Lipinski definition) is 5. The summed E-state index contributed by atoms with van der Waals surface area (Å²) in [5.41, 5.74) is 0. The molecule has 1 aliphatic rings. The van der Waals surface area contributed by atoms with Crippen LogP contribution in [0.2, 0.25) is 0 Å². The zero-order valence-electron chi connectivity index (χ0n) is 14.8. The molecule has 2 rings (SSSR count). The van der Waals surface area contributed by atoms with Crippen LogP contribution in [0.3, 0.4) is 0 Å². The van der Waals surface area contributed by atoms with Crippen LogP contribution in [-0.2, 0) is 9.59 Å². The van der Waals surface area contributed by atoms with Gasteiger partial charge in [-0.25, -0.2) is 0 Å². The molecule has 0 aliphatic heterocycles. The van der Waals surface area contributed by atoms with Crippen LogP contribution in [0.1, 0.15) is 32.1 Å². The normalized spacial score (nSPS) is 22.1. The molecular weight excluding hydrogens is 348 g/mol. The Hall–Kier alpha value is -2.80. The molecule has 0 bridgehead atoms. The van der Waals surface area contributed by atoms with Gasteiger partial charge in [-0.2, -0.15) is 0 Å². The number of aliphatic hydroxyl groups excluding tert-OH is 2. The average Bonchev–Trinajstić information content (AvgIpc) is 2.89. The summed E-state index contributed by atoms with van der Waals surface area (Å²) in [6, 6.07) is 8.72. The largest absolute Gasteiger partial charge is 0.481 e. The highest BCUT2D eigenvalue weighted by atomic mass is 16.6. The van der Waals surface area contributed by atoms with Gasteiger partial charge in [-0.05, 0) is 24.5 Å². The van der Waals surface area contributed by atoms with Gasteiger partial charge in [0.05, 0.1) is 18.4 Å². The number of para-hydroxylation sites is 1. The lowest BCUT2D eigenvalue weighted by atomic mass is 9.90. The molecule has 27 heavy (non-hydrogen) atoms. The Bertz CT molecular complexity index is 765. The summed E-state index contributed by atoms with van der Waals surface area (Å²) in [4.78, 5) is 22.5. The number of carboxylic acid groups (broad SMARTS) is 1. The molecule has 0 spiro atoms. The Labute approximate surface area is 158 Å². The van der Waals surface area contributed by atoms with E-state index in [0.717, 1.165) is 0 Å². The molecule has 1 fully saturated rings. The molecule has 0 radical (unpaired) electrons. The van der Waals surface area contributed by atoms with Crippen LogP contribution >= 0.6 is 0 Å². The van der Waals surface area contributed by atoms with Gasteiger partial charge in [-0.3, -0.25) is 9.59 Å². The van der Waals surface area contributed by atoms with Crippen molar-refractivity contribution in [3.8, 4) is 29.4 Å². The Morgan fingerprint density at radius 3 is 2.63 bits per heavy atom. The number of carbonyl (C=O) groups excluding carboxylic acids is 1. The molecule has 1 saturated carbocycles. The van der Waals surface area contributed by atoms with Gasteiger partial charge in [0.1, 0.15) is 11.5 Å². The Kier molecular flexibility index (Phi) is 7.88. The standard InChI is InChI=1S/C21H22O6/c22-18-14-19(23)17(16(18)10-6-1-2-7-11-20(24)25)12-13-21(26)27-15-8-4-3-5-9-15/h3-5,8-9,16-17,19,21,23,26H,6-7,10-11,14H2,(H,24,25)/t16-,17?,19-,21+/m1/s1. The third-order valence-electron chi connectivity index (χ3n) is 4.21. The number of aliphatic hydroxyl groups is 2. The lowest BCUT2D eigenvalue weighted by Crippen LogP contribution is -2.20. The fraction of sp³-hybridized carbons (Fsp3) is 0.429. The number of ether oxygens (including phenoxy) is 1. The van der Waals surface area contributed by atoms with E-state index in [4.69, 9.17) is 9.84 Å². The molecule has 142 valence electrons. The lowest BCUT2D eigenvalue weighted by Gasteiger charge is -2.14. The van der Waals surface area contributed by atoms with Crippen molar-refractivity contribution >= 4 is 11.8 Å². The van der Waals surface area contributed by atoms with Crippen LogP contribution < -0.4 is 4.74 Å². The number of Topliss-reactive ketones (excluding diaryl/α,β-unsaturated/α-hetero) is 1. The molecule has 1 aromatic rings. The van der Waals surface area contributed by atoms with E-state index >= 15 is 0 Å². The molecule has 0 saturated heterocycles. The quantitative estimate of drug-likeness (QED) is 0.519.